The first-order chi connectivity index (χ1) is 14.5. The molecule has 0 aliphatic carbocycles. The Morgan fingerprint density at radius 1 is 1.17 bits per heavy atom. The molecule has 0 unspecified atom stereocenters. The van der Waals surface area contributed by atoms with Crippen LogP contribution in [0.25, 0.3) is 17.4 Å². The minimum absolute atomic E-state index is 0.0224. The van der Waals surface area contributed by atoms with E-state index in [9.17, 15) is 14.9 Å². The summed E-state index contributed by atoms with van der Waals surface area (Å²) in [5, 5.41) is 11.0. The summed E-state index contributed by atoms with van der Waals surface area (Å²) < 4.78 is 11.3. The van der Waals surface area contributed by atoms with E-state index < -0.39 is 4.92 Å². The Kier molecular flexibility index (Phi) is 5.39. The molecule has 2 aromatic carbocycles. The summed E-state index contributed by atoms with van der Waals surface area (Å²) in [6.45, 7) is 0. The van der Waals surface area contributed by atoms with Crippen LogP contribution in [0.1, 0.15) is 5.76 Å². The van der Waals surface area contributed by atoms with Crippen molar-refractivity contribution in [2.24, 2.45) is 0 Å². The van der Waals surface area contributed by atoms with Gasteiger partial charge in [0.05, 0.1) is 22.6 Å². The highest BCUT2D eigenvalue weighted by Gasteiger charge is 2.33. The number of carbonyl (C=O) groups is 1. The van der Waals surface area contributed by atoms with Gasteiger partial charge in [0.15, 0.2) is 4.32 Å². The summed E-state index contributed by atoms with van der Waals surface area (Å²) in [4.78, 5) is 25.3. The molecule has 1 aliphatic heterocycles. The molecule has 0 bridgehead atoms. The number of benzene rings is 2. The second kappa shape index (κ2) is 8.13. The van der Waals surface area contributed by atoms with Gasteiger partial charge in [0, 0.05) is 23.8 Å². The van der Waals surface area contributed by atoms with E-state index in [4.69, 9.17) is 21.4 Å². The number of ether oxygens (including phenoxy) is 1. The number of hydrogen-bond donors (Lipinski definition) is 0. The monoisotopic (exact) mass is 438 g/mol. The molecule has 0 spiro atoms. The normalized spacial score (nSPS) is 15.1. The molecule has 7 nitrogen and oxygen atoms in total. The Balaban J connectivity index is 1.58. The average Bonchev–Trinajstić information content (AvgIpc) is 3.33. The smallest absolute Gasteiger partial charge is 0.270 e. The molecule has 0 saturated carbocycles. The van der Waals surface area contributed by atoms with Crippen LogP contribution < -0.4 is 9.64 Å². The van der Waals surface area contributed by atoms with E-state index in [0.29, 0.717) is 37.7 Å². The molecule has 30 heavy (non-hydrogen) atoms. The Hall–Kier alpha value is -3.43. The highest BCUT2D eigenvalue weighted by atomic mass is 32.2. The minimum Gasteiger partial charge on any atom is -0.497 e. The molecule has 1 aromatic heterocycles. The van der Waals surface area contributed by atoms with E-state index >= 15 is 0 Å². The number of carbonyl (C=O) groups excluding carboxylic acids is 1. The molecule has 9 heteroatoms. The molecule has 1 aliphatic rings. The average molecular weight is 438 g/mol. The molecular weight excluding hydrogens is 424 g/mol. The van der Waals surface area contributed by atoms with Crippen LogP contribution in [0.4, 0.5) is 11.4 Å². The lowest BCUT2D eigenvalue weighted by Gasteiger charge is -2.14. The number of rotatable bonds is 5. The summed E-state index contributed by atoms with van der Waals surface area (Å²) in [6, 6.07) is 16.6. The van der Waals surface area contributed by atoms with Crippen molar-refractivity contribution < 1.29 is 18.9 Å². The first-order valence-corrected chi connectivity index (χ1v) is 9.95. The molecule has 2 heterocycles. The highest BCUT2D eigenvalue weighted by molar-refractivity contribution is 8.27. The Labute approximate surface area is 181 Å². The van der Waals surface area contributed by atoms with E-state index in [1.54, 1.807) is 61.7 Å². The number of nitrogens with zero attached hydrogens (tertiary/aromatic N) is 2. The predicted molar refractivity (Wildman–Crippen MR) is 119 cm³/mol. The zero-order valence-electron chi connectivity index (χ0n) is 15.6. The SMILES string of the molecule is COc1ccc(N2C(=O)/C(=C\c3ccc(-c4cccc([N+](=O)[O-])c4)o3)SC2=S)cc1. The van der Waals surface area contributed by atoms with Gasteiger partial charge in [0.2, 0.25) is 0 Å². The molecule has 0 radical (unpaired) electrons. The number of anilines is 1. The fraction of sp³-hybridized carbons (Fsp3) is 0.0476. The first kappa shape index (κ1) is 19.9. The summed E-state index contributed by atoms with van der Waals surface area (Å²) in [7, 11) is 1.57. The van der Waals surface area contributed by atoms with Crippen LogP contribution in [0.5, 0.6) is 5.75 Å². The standard InChI is InChI=1S/C21H14N2O5S2/c1-27-16-7-5-14(6-8-16)22-20(24)19(30-21(22)29)12-17-9-10-18(28-17)13-3-2-4-15(11-13)23(25)26/h2-12H,1H3/b19-12+. The Morgan fingerprint density at radius 2 is 1.93 bits per heavy atom. The van der Waals surface area contributed by atoms with Crippen molar-refractivity contribution in [3.05, 3.63) is 81.4 Å². The lowest BCUT2D eigenvalue weighted by atomic mass is 10.1. The Bertz CT molecular complexity index is 1180. The van der Waals surface area contributed by atoms with E-state index in [1.807, 2.05) is 0 Å². The maximum absolute atomic E-state index is 12.9. The topological polar surface area (TPSA) is 85.8 Å². The zero-order valence-corrected chi connectivity index (χ0v) is 17.2. The van der Waals surface area contributed by atoms with Crippen molar-refractivity contribution in [1.82, 2.24) is 0 Å². The maximum atomic E-state index is 12.9. The summed E-state index contributed by atoms with van der Waals surface area (Å²) in [5.74, 6) is 1.36. The molecule has 0 atom stereocenters. The minimum atomic E-state index is -0.460. The number of thiocarbonyl (C=S) groups is 1. The number of non-ortho nitro benzene ring substituents is 1. The van der Waals surface area contributed by atoms with Crippen molar-refractivity contribution in [3.63, 3.8) is 0 Å². The number of nitro benzene ring substituents is 1. The van der Waals surface area contributed by atoms with Gasteiger partial charge >= 0.3 is 0 Å². The van der Waals surface area contributed by atoms with Crippen molar-refractivity contribution in [1.29, 1.82) is 0 Å². The van der Waals surface area contributed by atoms with Gasteiger partial charge < -0.3 is 9.15 Å². The van der Waals surface area contributed by atoms with Crippen molar-refractivity contribution in [3.8, 4) is 17.1 Å². The second-order valence-corrected chi connectivity index (χ2v) is 7.90. The number of nitro groups is 1. The van der Waals surface area contributed by atoms with Crippen LogP contribution in [-0.2, 0) is 4.79 Å². The van der Waals surface area contributed by atoms with Crippen LogP contribution in [0.15, 0.2) is 70.0 Å². The molecule has 0 N–H and O–H groups in total. The van der Waals surface area contributed by atoms with Gasteiger partial charge in [-0.2, -0.15) is 0 Å². The third-order valence-electron chi connectivity index (χ3n) is 4.37. The summed E-state index contributed by atoms with van der Waals surface area (Å²) >= 11 is 6.56. The van der Waals surface area contributed by atoms with E-state index in [1.165, 1.54) is 28.8 Å². The van der Waals surface area contributed by atoms with Crippen LogP contribution in [0.2, 0.25) is 0 Å². The molecule has 1 amide bonds. The van der Waals surface area contributed by atoms with Gasteiger partial charge in [-0.1, -0.05) is 36.1 Å². The van der Waals surface area contributed by atoms with Gasteiger partial charge in [-0.15, -0.1) is 0 Å². The highest BCUT2D eigenvalue weighted by Crippen LogP contribution is 2.37. The molecule has 1 fully saturated rings. The lowest BCUT2D eigenvalue weighted by molar-refractivity contribution is -0.384. The van der Waals surface area contributed by atoms with Gasteiger partial charge in [-0.3, -0.25) is 19.8 Å². The van der Waals surface area contributed by atoms with Crippen molar-refractivity contribution in [2.45, 2.75) is 0 Å². The number of thioether (sulfide) groups is 1. The van der Waals surface area contributed by atoms with Crippen LogP contribution in [0.3, 0.4) is 0 Å². The fourth-order valence-electron chi connectivity index (χ4n) is 2.91. The quantitative estimate of drug-likeness (QED) is 0.232. The van der Waals surface area contributed by atoms with E-state index in [0.717, 1.165) is 0 Å². The largest absolute Gasteiger partial charge is 0.497 e. The number of methoxy groups -OCH3 is 1. The molecular formula is C21H14N2O5S2. The third kappa shape index (κ3) is 3.85. The van der Waals surface area contributed by atoms with Crippen molar-refractivity contribution >= 4 is 51.7 Å². The zero-order chi connectivity index (χ0) is 21.3. The van der Waals surface area contributed by atoms with Crippen LogP contribution >= 0.6 is 24.0 Å². The van der Waals surface area contributed by atoms with Gasteiger partial charge in [-0.05, 0) is 36.4 Å². The van der Waals surface area contributed by atoms with Crippen molar-refractivity contribution in [2.75, 3.05) is 12.0 Å². The Morgan fingerprint density at radius 3 is 2.63 bits per heavy atom. The predicted octanol–water partition coefficient (Wildman–Crippen LogP) is 5.27. The molecule has 3 aromatic rings. The second-order valence-electron chi connectivity index (χ2n) is 6.22. The lowest BCUT2D eigenvalue weighted by Crippen LogP contribution is -2.27. The third-order valence-corrected chi connectivity index (χ3v) is 5.67. The maximum Gasteiger partial charge on any atom is 0.270 e. The molecule has 150 valence electrons. The molecule has 1 saturated heterocycles. The van der Waals surface area contributed by atoms with E-state index in [2.05, 4.69) is 0 Å². The fourth-order valence-corrected chi connectivity index (χ4v) is 4.19. The number of furan rings is 1. The van der Waals surface area contributed by atoms with E-state index in [-0.39, 0.29) is 11.6 Å². The first-order valence-electron chi connectivity index (χ1n) is 8.73. The van der Waals surface area contributed by atoms with Gasteiger partial charge in [0.25, 0.3) is 11.6 Å². The van der Waals surface area contributed by atoms with Gasteiger partial charge in [0.1, 0.15) is 17.3 Å². The van der Waals surface area contributed by atoms with Gasteiger partial charge in [-0.25, -0.2) is 0 Å². The van der Waals surface area contributed by atoms with Crippen LogP contribution in [0, 0.1) is 10.1 Å². The van der Waals surface area contributed by atoms with Crippen LogP contribution in [-0.4, -0.2) is 22.3 Å². The summed E-state index contributed by atoms with van der Waals surface area (Å²) in [5.41, 5.74) is 1.21. The molecule has 4 rings (SSSR count). The number of amides is 1. The summed E-state index contributed by atoms with van der Waals surface area (Å²) in [6.07, 6.45) is 1.61. The number of hydrogen-bond acceptors (Lipinski definition) is 7.